The summed E-state index contributed by atoms with van der Waals surface area (Å²) in [4.78, 5) is 42.2. The highest BCUT2D eigenvalue weighted by atomic mass is 32.2. The first-order valence-corrected chi connectivity index (χ1v) is 13.2. The number of nitrogens with zero attached hydrogens (tertiary/aromatic N) is 3. The number of carbonyl (C=O) groups is 3. The van der Waals surface area contributed by atoms with E-state index < -0.39 is 21.4 Å². The first kappa shape index (κ1) is 22.6. The summed E-state index contributed by atoms with van der Waals surface area (Å²) in [6.45, 7) is 3.89. The fourth-order valence-electron chi connectivity index (χ4n) is 4.88. The van der Waals surface area contributed by atoms with Crippen molar-refractivity contribution in [2.45, 2.75) is 56.3 Å². The number of hydrogen-bond acceptors (Lipinski definition) is 5. The molecule has 1 saturated carbocycles. The minimum absolute atomic E-state index is 0.000362. The van der Waals surface area contributed by atoms with Gasteiger partial charge in [0.2, 0.25) is 0 Å². The lowest BCUT2D eigenvalue weighted by molar-refractivity contribution is -0.131. The molecule has 9 heteroatoms. The van der Waals surface area contributed by atoms with Gasteiger partial charge in [-0.15, -0.1) is 0 Å². The van der Waals surface area contributed by atoms with Crippen LogP contribution in [-0.4, -0.2) is 65.8 Å². The monoisotopic (exact) mass is 481 g/mol. The van der Waals surface area contributed by atoms with Crippen LogP contribution in [0.5, 0.6) is 0 Å². The maximum absolute atomic E-state index is 12.7. The van der Waals surface area contributed by atoms with Crippen LogP contribution in [0.15, 0.2) is 41.3 Å². The molecule has 0 spiro atoms. The van der Waals surface area contributed by atoms with E-state index in [0.29, 0.717) is 29.3 Å². The van der Waals surface area contributed by atoms with Gasteiger partial charge in [0, 0.05) is 38.0 Å². The van der Waals surface area contributed by atoms with Gasteiger partial charge in [0.1, 0.15) is 5.54 Å². The number of rotatable bonds is 5. The van der Waals surface area contributed by atoms with Crippen molar-refractivity contribution in [1.29, 1.82) is 0 Å². The molecular formula is C25H27N3O5S. The van der Waals surface area contributed by atoms with Gasteiger partial charge in [0.15, 0.2) is 9.84 Å². The molecule has 0 unspecified atom stereocenters. The van der Waals surface area contributed by atoms with Crippen molar-refractivity contribution in [2.75, 3.05) is 13.3 Å². The van der Waals surface area contributed by atoms with E-state index in [1.165, 1.54) is 11.9 Å². The highest BCUT2D eigenvalue weighted by Gasteiger charge is 2.49. The molecule has 0 radical (unpaired) electrons. The molecule has 0 atom stereocenters. The van der Waals surface area contributed by atoms with E-state index in [9.17, 15) is 22.8 Å². The van der Waals surface area contributed by atoms with Gasteiger partial charge in [-0.1, -0.05) is 18.2 Å². The van der Waals surface area contributed by atoms with Crippen LogP contribution in [-0.2, 0) is 27.7 Å². The fraction of sp³-hybridized carbons (Fsp3) is 0.400. The molecule has 1 aliphatic carbocycles. The predicted octanol–water partition coefficient (Wildman–Crippen LogP) is 3.05. The number of sulfone groups is 1. The Balaban J connectivity index is 1.50. The number of fused-ring (bicyclic) bond motifs is 1. The van der Waals surface area contributed by atoms with Crippen molar-refractivity contribution >= 4 is 27.7 Å². The number of benzene rings is 2. The Bertz CT molecular complexity index is 1360. The third-order valence-electron chi connectivity index (χ3n) is 7.07. The molecule has 34 heavy (non-hydrogen) atoms. The third kappa shape index (κ3) is 3.50. The molecule has 2 aromatic rings. The smallest absolute Gasteiger partial charge is 0.327 e. The van der Waals surface area contributed by atoms with Crippen LogP contribution in [0, 0.1) is 0 Å². The summed E-state index contributed by atoms with van der Waals surface area (Å²) in [5, 5.41) is 0. The van der Waals surface area contributed by atoms with Crippen molar-refractivity contribution in [3.63, 3.8) is 0 Å². The molecule has 2 heterocycles. The highest BCUT2D eigenvalue weighted by Crippen LogP contribution is 2.37. The third-order valence-corrected chi connectivity index (χ3v) is 8.25. The van der Waals surface area contributed by atoms with Crippen molar-refractivity contribution in [2.24, 2.45) is 0 Å². The van der Waals surface area contributed by atoms with Gasteiger partial charge in [-0.25, -0.2) is 13.2 Å². The predicted molar refractivity (Wildman–Crippen MR) is 126 cm³/mol. The summed E-state index contributed by atoms with van der Waals surface area (Å²) in [6, 6.07) is 10.6. The molecule has 1 saturated heterocycles. The Morgan fingerprint density at radius 1 is 1.00 bits per heavy atom. The molecular weight excluding hydrogens is 454 g/mol. The normalized spacial score (nSPS) is 19.9. The summed E-state index contributed by atoms with van der Waals surface area (Å²) in [5.74, 6) is -0.267. The van der Waals surface area contributed by atoms with Crippen molar-refractivity contribution in [3.05, 3.63) is 53.1 Å². The summed E-state index contributed by atoms with van der Waals surface area (Å²) in [6.07, 6.45) is 3.23. The maximum atomic E-state index is 12.7. The molecule has 3 aliphatic rings. The lowest BCUT2D eigenvalue weighted by atomic mass is 9.98. The highest BCUT2D eigenvalue weighted by molar-refractivity contribution is 7.90. The van der Waals surface area contributed by atoms with Gasteiger partial charge in [-0.2, -0.15) is 0 Å². The average Bonchev–Trinajstić information content (AvgIpc) is 3.56. The Kier molecular flexibility index (Phi) is 4.91. The van der Waals surface area contributed by atoms with E-state index in [1.807, 2.05) is 29.2 Å². The van der Waals surface area contributed by atoms with Crippen molar-refractivity contribution < 1.29 is 22.8 Å². The zero-order chi connectivity index (χ0) is 24.6. The lowest BCUT2D eigenvalue weighted by Crippen LogP contribution is -2.43. The topological polar surface area (TPSA) is 95.1 Å². The number of carbonyl (C=O) groups excluding carboxylic acids is 3. The van der Waals surface area contributed by atoms with Crippen LogP contribution >= 0.6 is 0 Å². The van der Waals surface area contributed by atoms with E-state index in [4.69, 9.17) is 0 Å². The SMILES string of the molecule is CN1C(=O)N(Cc2ccc(-c3ccc4c(c3)CN(C3CC3)C4=O)cc2S(C)(=O)=O)C(C)(C)C1=O. The van der Waals surface area contributed by atoms with Crippen LogP contribution in [0.2, 0.25) is 0 Å². The summed E-state index contributed by atoms with van der Waals surface area (Å²) in [5.41, 5.74) is 2.58. The van der Waals surface area contributed by atoms with Crippen LogP contribution in [0.25, 0.3) is 11.1 Å². The van der Waals surface area contributed by atoms with Gasteiger partial charge in [-0.05, 0) is 67.1 Å². The van der Waals surface area contributed by atoms with E-state index in [-0.39, 0.29) is 23.3 Å². The second-order valence-corrected chi connectivity index (χ2v) is 11.9. The number of imide groups is 1. The van der Waals surface area contributed by atoms with Gasteiger partial charge >= 0.3 is 6.03 Å². The molecule has 0 aromatic heterocycles. The lowest BCUT2D eigenvalue weighted by Gasteiger charge is -2.28. The van der Waals surface area contributed by atoms with Gasteiger partial charge in [0.05, 0.1) is 4.90 Å². The van der Waals surface area contributed by atoms with E-state index in [2.05, 4.69) is 0 Å². The molecule has 2 fully saturated rings. The Morgan fingerprint density at radius 2 is 1.65 bits per heavy atom. The number of likely N-dealkylation sites (N-methyl/N-ethyl adjacent to an activating group) is 1. The average molecular weight is 482 g/mol. The van der Waals surface area contributed by atoms with Crippen LogP contribution in [0.4, 0.5) is 4.79 Å². The zero-order valence-electron chi connectivity index (χ0n) is 19.7. The minimum atomic E-state index is -3.62. The molecule has 2 aromatic carbocycles. The molecule has 5 rings (SSSR count). The zero-order valence-corrected chi connectivity index (χ0v) is 20.5. The second-order valence-electron chi connectivity index (χ2n) is 9.92. The Hall–Kier alpha value is -3.20. The molecule has 0 N–H and O–H groups in total. The van der Waals surface area contributed by atoms with E-state index in [1.54, 1.807) is 26.0 Å². The quantitative estimate of drug-likeness (QED) is 0.612. The number of urea groups is 1. The van der Waals surface area contributed by atoms with Crippen molar-refractivity contribution in [1.82, 2.24) is 14.7 Å². The van der Waals surface area contributed by atoms with Crippen LogP contribution in [0.3, 0.4) is 0 Å². The molecule has 0 bridgehead atoms. The first-order valence-electron chi connectivity index (χ1n) is 11.3. The van der Waals surface area contributed by atoms with Gasteiger partial charge in [-0.3, -0.25) is 14.5 Å². The maximum Gasteiger partial charge on any atom is 0.327 e. The molecule has 4 amide bonds. The van der Waals surface area contributed by atoms with Crippen molar-refractivity contribution in [3.8, 4) is 11.1 Å². The van der Waals surface area contributed by atoms with E-state index in [0.717, 1.165) is 35.1 Å². The largest absolute Gasteiger partial charge is 0.331 e. The van der Waals surface area contributed by atoms with Gasteiger partial charge < -0.3 is 9.80 Å². The van der Waals surface area contributed by atoms with Crippen LogP contribution in [0.1, 0.15) is 48.2 Å². The van der Waals surface area contributed by atoms with Crippen LogP contribution < -0.4 is 0 Å². The molecule has 178 valence electrons. The minimum Gasteiger partial charge on any atom is -0.331 e. The standard InChI is InChI=1S/C25H27N3O5S/c1-25(2)23(30)26(3)24(31)28(25)14-17-6-5-16(12-21(17)34(4,32)33)15-7-10-20-18(11-15)13-27(22(20)29)19-8-9-19/h5-7,10-12,19H,8-9,13-14H2,1-4H3. The van der Waals surface area contributed by atoms with E-state index >= 15 is 0 Å². The first-order chi connectivity index (χ1) is 15.9. The summed E-state index contributed by atoms with van der Waals surface area (Å²) >= 11 is 0. The summed E-state index contributed by atoms with van der Waals surface area (Å²) < 4.78 is 25.4. The Morgan fingerprint density at radius 3 is 2.24 bits per heavy atom. The fourth-order valence-corrected chi connectivity index (χ4v) is 5.83. The Labute approximate surface area is 199 Å². The molecule has 2 aliphatic heterocycles. The summed E-state index contributed by atoms with van der Waals surface area (Å²) in [7, 11) is -2.19. The number of hydrogen-bond donors (Lipinski definition) is 0. The number of amides is 4. The second kappa shape index (κ2) is 7.40. The van der Waals surface area contributed by atoms with Gasteiger partial charge in [0.25, 0.3) is 11.8 Å². The molecule has 8 nitrogen and oxygen atoms in total.